The van der Waals surface area contributed by atoms with Gasteiger partial charge in [-0.1, -0.05) is 241 Å². The van der Waals surface area contributed by atoms with Crippen molar-refractivity contribution in [2.75, 3.05) is 19.8 Å². The van der Waals surface area contributed by atoms with Crippen molar-refractivity contribution in [2.24, 2.45) is 0 Å². The smallest absolute Gasteiger partial charge is 0.220 e. The maximum absolute atomic E-state index is 13.1. The van der Waals surface area contributed by atoms with Crippen LogP contribution in [0.3, 0.4) is 0 Å². The molecule has 0 spiro atoms. The Morgan fingerprint density at radius 2 is 0.873 bits per heavy atom. The zero-order valence-electron chi connectivity index (χ0n) is 49.3. The lowest BCUT2D eigenvalue weighted by Gasteiger charge is -2.46. The van der Waals surface area contributed by atoms with E-state index in [9.17, 15) is 45.6 Å². The van der Waals surface area contributed by atoms with Gasteiger partial charge in [-0.25, -0.2) is 0 Å². The molecule has 0 aromatic heterocycles. The minimum Gasteiger partial charge on any atom is -0.394 e. The predicted octanol–water partition coefficient (Wildman–Crippen LogP) is 11.5. The Bertz CT molecular complexity index is 1600. The highest BCUT2D eigenvalue weighted by molar-refractivity contribution is 5.76. The van der Waals surface area contributed by atoms with Gasteiger partial charge in [-0.2, -0.15) is 0 Å². The molecule has 2 aliphatic heterocycles. The SMILES string of the molecule is CC/C=C\C/C=C\C/C=C\C/C=C\C/C=C\C/C=C\CCCCCCCCCCCCCCCCCCCCCCCCC(=O)NC(COC1OC(CO)C(OC2OC(CO)C(O)C(O)C2O)C(O)C1O)C(O)CCCCCC. The summed E-state index contributed by atoms with van der Waals surface area (Å²) in [6.07, 6.45) is 50.4. The molecule has 2 heterocycles. The third-order valence-electron chi connectivity index (χ3n) is 15.2. The Morgan fingerprint density at radius 1 is 0.468 bits per heavy atom. The van der Waals surface area contributed by atoms with E-state index in [0.29, 0.717) is 12.8 Å². The van der Waals surface area contributed by atoms with Crippen molar-refractivity contribution >= 4 is 5.91 Å². The van der Waals surface area contributed by atoms with Crippen LogP contribution in [-0.4, -0.2) is 140 Å². The summed E-state index contributed by atoms with van der Waals surface area (Å²) in [5.41, 5.74) is 0. The van der Waals surface area contributed by atoms with E-state index in [1.807, 2.05) is 0 Å². The number of unbranched alkanes of at least 4 members (excludes halogenated alkanes) is 25. The van der Waals surface area contributed by atoms with Crippen molar-refractivity contribution < 1.29 is 64.6 Å². The van der Waals surface area contributed by atoms with E-state index in [0.717, 1.165) is 89.9 Å². The summed E-state index contributed by atoms with van der Waals surface area (Å²) in [6, 6.07) is -0.824. The topological polar surface area (TPSA) is 228 Å². The predicted molar refractivity (Wildman–Crippen MR) is 318 cm³/mol. The number of rotatable bonds is 50. The number of carbonyl (C=O) groups excluding carboxylic acids is 1. The summed E-state index contributed by atoms with van der Waals surface area (Å²) >= 11 is 0. The van der Waals surface area contributed by atoms with Crippen LogP contribution in [0.15, 0.2) is 72.9 Å². The molecule has 0 aromatic carbocycles. The third kappa shape index (κ3) is 35.2. The molecule has 2 aliphatic rings. The number of hydrogen-bond acceptors (Lipinski definition) is 13. The molecule has 0 aromatic rings. The van der Waals surface area contributed by atoms with Crippen LogP contribution in [0.25, 0.3) is 0 Å². The average molecular weight is 1120 g/mol. The quantitative estimate of drug-likeness (QED) is 0.0204. The van der Waals surface area contributed by atoms with Gasteiger partial charge in [0.2, 0.25) is 5.91 Å². The fourth-order valence-electron chi connectivity index (χ4n) is 10.1. The van der Waals surface area contributed by atoms with Gasteiger partial charge in [0.05, 0.1) is 32.0 Å². The summed E-state index contributed by atoms with van der Waals surface area (Å²) in [5.74, 6) is -0.215. The summed E-state index contributed by atoms with van der Waals surface area (Å²) in [4.78, 5) is 13.1. The lowest BCUT2D eigenvalue weighted by molar-refractivity contribution is -0.359. The van der Waals surface area contributed by atoms with Crippen LogP contribution in [0.5, 0.6) is 0 Å². The van der Waals surface area contributed by atoms with Crippen LogP contribution >= 0.6 is 0 Å². The van der Waals surface area contributed by atoms with Gasteiger partial charge in [-0.3, -0.25) is 4.79 Å². The lowest BCUT2D eigenvalue weighted by Crippen LogP contribution is -2.65. The first-order chi connectivity index (χ1) is 38.6. The van der Waals surface area contributed by atoms with Gasteiger partial charge in [-0.15, -0.1) is 0 Å². The Labute approximate surface area is 478 Å². The fourth-order valence-corrected chi connectivity index (χ4v) is 10.1. The summed E-state index contributed by atoms with van der Waals surface area (Å²) in [5, 5.41) is 86.4. The van der Waals surface area contributed by atoms with Gasteiger partial charge in [0, 0.05) is 6.42 Å². The highest BCUT2D eigenvalue weighted by Gasteiger charge is 2.51. The zero-order valence-corrected chi connectivity index (χ0v) is 49.3. The zero-order chi connectivity index (χ0) is 57.4. The minimum atomic E-state index is -1.78. The molecule has 2 saturated heterocycles. The van der Waals surface area contributed by atoms with Crippen LogP contribution in [0.1, 0.15) is 239 Å². The highest BCUT2D eigenvalue weighted by Crippen LogP contribution is 2.30. The number of hydrogen-bond donors (Lipinski definition) is 9. The normalized spacial score (nSPS) is 24.9. The molecule has 0 radical (unpaired) electrons. The molecule has 9 N–H and O–H groups in total. The van der Waals surface area contributed by atoms with Crippen LogP contribution in [-0.2, 0) is 23.7 Å². The maximum Gasteiger partial charge on any atom is 0.220 e. The molecule has 14 heteroatoms. The fraction of sp³-hybridized carbons (Fsp3) is 0.800. The highest BCUT2D eigenvalue weighted by atomic mass is 16.7. The maximum atomic E-state index is 13.1. The van der Waals surface area contributed by atoms with Crippen LogP contribution < -0.4 is 5.32 Å². The van der Waals surface area contributed by atoms with Crippen molar-refractivity contribution in [3.8, 4) is 0 Å². The number of nitrogens with one attached hydrogen (secondary N) is 1. The van der Waals surface area contributed by atoms with Gasteiger partial charge < -0.3 is 65.1 Å². The van der Waals surface area contributed by atoms with Crippen LogP contribution in [0.4, 0.5) is 0 Å². The average Bonchev–Trinajstić information content (AvgIpc) is 3.45. The van der Waals surface area contributed by atoms with E-state index in [1.165, 1.54) is 122 Å². The van der Waals surface area contributed by atoms with Gasteiger partial charge in [0.15, 0.2) is 12.6 Å². The molecule has 2 fully saturated rings. The second kappa shape index (κ2) is 50.0. The molecule has 0 saturated carbocycles. The number of aliphatic hydroxyl groups excluding tert-OH is 8. The van der Waals surface area contributed by atoms with Crippen molar-refractivity contribution in [1.29, 1.82) is 0 Å². The first kappa shape index (κ1) is 72.5. The Hall–Kier alpha value is -2.57. The van der Waals surface area contributed by atoms with Gasteiger partial charge >= 0.3 is 0 Å². The molecule has 0 bridgehead atoms. The number of ether oxygens (including phenoxy) is 4. The van der Waals surface area contributed by atoms with E-state index < -0.39 is 86.8 Å². The molecule has 12 unspecified atom stereocenters. The number of amides is 1. The Kier molecular flexibility index (Phi) is 45.9. The second-order valence-corrected chi connectivity index (χ2v) is 22.2. The molecule has 12 atom stereocenters. The van der Waals surface area contributed by atoms with Gasteiger partial charge in [-0.05, 0) is 64.2 Å². The lowest BCUT2D eigenvalue weighted by atomic mass is 9.97. The molecule has 0 aliphatic carbocycles. The first-order valence-electron chi connectivity index (χ1n) is 31.7. The van der Waals surface area contributed by atoms with Gasteiger partial charge in [0.25, 0.3) is 0 Å². The number of aliphatic hydroxyl groups is 8. The molecule has 2 rings (SSSR count). The number of allylic oxidation sites excluding steroid dienone is 12. The Balaban J connectivity index is 1.44. The molecular formula is C65H115NO13. The first-order valence-corrected chi connectivity index (χ1v) is 31.7. The van der Waals surface area contributed by atoms with Crippen molar-refractivity contribution in [1.82, 2.24) is 5.32 Å². The standard InChI is InChI=1S/C65H115NO13/c1-3-5-7-9-10-11-12-13-14-15-16-17-18-19-20-21-22-23-24-25-26-27-28-29-30-31-32-33-34-35-36-37-38-39-40-41-42-43-44-45-47-49-57(70)66-53(54(69)48-46-8-6-4-2)52-76-64-62(75)60(73)63(56(51-68)78-64)79-65-61(74)59(72)58(71)55(50-67)77-65/h5,7,10-11,13-14,16-17,19-20,22-23,53-56,58-65,67-69,71-75H,3-4,6,8-9,12,15,18,21,24-52H2,1-2H3,(H,66,70)/b7-5-,11-10-,14-13-,17-16-,20-19-,23-22-. The molecule has 458 valence electrons. The van der Waals surface area contributed by atoms with Crippen molar-refractivity contribution in [2.45, 2.75) is 312 Å². The van der Waals surface area contributed by atoms with Crippen molar-refractivity contribution in [3.63, 3.8) is 0 Å². The van der Waals surface area contributed by atoms with Gasteiger partial charge in [0.1, 0.15) is 48.8 Å². The molecular weight excluding hydrogens is 1000 g/mol. The minimum absolute atomic E-state index is 0.215. The van der Waals surface area contributed by atoms with Crippen LogP contribution in [0.2, 0.25) is 0 Å². The van der Waals surface area contributed by atoms with E-state index in [2.05, 4.69) is 92.1 Å². The van der Waals surface area contributed by atoms with E-state index in [4.69, 9.17) is 18.9 Å². The second-order valence-electron chi connectivity index (χ2n) is 22.2. The van der Waals surface area contributed by atoms with E-state index in [-0.39, 0.29) is 12.5 Å². The molecule has 79 heavy (non-hydrogen) atoms. The van der Waals surface area contributed by atoms with E-state index in [1.54, 1.807) is 0 Å². The number of carbonyl (C=O) groups is 1. The van der Waals surface area contributed by atoms with Crippen LogP contribution in [0, 0.1) is 0 Å². The van der Waals surface area contributed by atoms with E-state index >= 15 is 0 Å². The molecule has 14 nitrogen and oxygen atoms in total. The Morgan fingerprint density at radius 3 is 1.33 bits per heavy atom. The largest absolute Gasteiger partial charge is 0.394 e. The summed E-state index contributed by atoms with van der Waals surface area (Å²) in [7, 11) is 0. The van der Waals surface area contributed by atoms with Crippen molar-refractivity contribution in [3.05, 3.63) is 72.9 Å². The third-order valence-corrected chi connectivity index (χ3v) is 15.2. The monoisotopic (exact) mass is 1120 g/mol. The summed E-state index contributed by atoms with van der Waals surface area (Å²) in [6.45, 7) is 2.61. The summed E-state index contributed by atoms with van der Waals surface area (Å²) < 4.78 is 22.6. The molecule has 1 amide bonds.